The van der Waals surface area contributed by atoms with E-state index >= 15 is 0 Å². The molecule has 160 valence electrons. The fraction of sp³-hybridized carbons (Fsp3) is 0.160. The topological polar surface area (TPSA) is 58.9 Å². The molecular formula is C25H24N6S. The molecule has 6 nitrogen and oxygen atoms in total. The number of thiophene rings is 1. The first-order chi connectivity index (χ1) is 15.7. The van der Waals surface area contributed by atoms with Gasteiger partial charge >= 0.3 is 0 Å². The number of pyridine rings is 2. The molecular weight excluding hydrogens is 416 g/mol. The maximum atomic E-state index is 4.61. The van der Waals surface area contributed by atoms with Gasteiger partial charge in [0, 0.05) is 58.4 Å². The van der Waals surface area contributed by atoms with Gasteiger partial charge in [0.05, 0.1) is 24.0 Å². The van der Waals surface area contributed by atoms with Gasteiger partial charge in [-0.2, -0.15) is 16.4 Å². The zero-order chi connectivity index (χ0) is 21.9. The van der Waals surface area contributed by atoms with Crippen LogP contribution < -0.4 is 5.32 Å². The Hall–Kier alpha value is -3.55. The molecule has 0 saturated carbocycles. The third-order valence-corrected chi connectivity index (χ3v) is 6.02. The summed E-state index contributed by atoms with van der Waals surface area (Å²) < 4.78 is 1.99. The van der Waals surface area contributed by atoms with E-state index in [2.05, 4.69) is 86.7 Å². The number of benzene rings is 1. The van der Waals surface area contributed by atoms with Crippen LogP contribution in [0.1, 0.15) is 0 Å². The molecule has 0 unspecified atom stereocenters. The first kappa shape index (κ1) is 20.4. The number of likely N-dealkylation sites (N-methyl/N-ethyl adjacent to an activating group) is 1. The Labute approximate surface area is 191 Å². The number of hydrogen-bond donors (Lipinski definition) is 1. The van der Waals surface area contributed by atoms with Gasteiger partial charge in [0.2, 0.25) is 0 Å². The van der Waals surface area contributed by atoms with Crippen molar-refractivity contribution in [3.8, 4) is 22.4 Å². The molecule has 7 heteroatoms. The Morgan fingerprint density at radius 1 is 0.969 bits per heavy atom. The molecule has 0 amide bonds. The van der Waals surface area contributed by atoms with Crippen molar-refractivity contribution in [3.05, 3.63) is 78.0 Å². The van der Waals surface area contributed by atoms with E-state index in [1.807, 2.05) is 35.4 Å². The molecule has 0 atom stereocenters. The summed E-state index contributed by atoms with van der Waals surface area (Å²) in [5.41, 5.74) is 7.27. The number of nitrogens with one attached hydrogen (secondary N) is 1. The van der Waals surface area contributed by atoms with Crippen LogP contribution >= 0.6 is 11.3 Å². The Morgan fingerprint density at radius 2 is 1.88 bits per heavy atom. The van der Waals surface area contributed by atoms with Crippen LogP contribution in [0, 0.1) is 0 Å². The maximum Gasteiger partial charge on any atom is 0.0730 e. The number of fused-ring (bicyclic) bond motifs is 1. The minimum absolute atomic E-state index is 0.867. The summed E-state index contributed by atoms with van der Waals surface area (Å²) in [6.45, 7) is 1.82. The average Bonchev–Trinajstić information content (AvgIpc) is 3.50. The lowest BCUT2D eigenvalue weighted by atomic mass is 10.1. The summed E-state index contributed by atoms with van der Waals surface area (Å²) in [7, 11) is 4.14. The van der Waals surface area contributed by atoms with Crippen LogP contribution in [-0.2, 0) is 6.54 Å². The smallest absolute Gasteiger partial charge is 0.0730 e. The number of hydrogen-bond acceptors (Lipinski definition) is 6. The molecule has 1 N–H and O–H groups in total. The Kier molecular flexibility index (Phi) is 5.66. The monoisotopic (exact) mass is 440 g/mol. The molecule has 0 saturated heterocycles. The van der Waals surface area contributed by atoms with E-state index in [9.17, 15) is 0 Å². The van der Waals surface area contributed by atoms with E-state index in [1.54, 1.807) is 11.3 Å². The SMILES string of the molecule is CN(C)CCn1cc(-c2ccc3c(Nc4ccnc(-c5ccsc5)c4)ccnc3c2)cn1. The van der Waals surface area contributed by atoms with Crippen LogP contribution in [0.4, 0.5) is 11.4 Å². The lowest BCUT2D eigenvalue weighted by molar-refractivity contribution is 0.373. The molecule has 1 aromatic carbocycles. The Morgan fingerprint density at radius 3 is 2.72 bits per heavy atom. The first-order valence-corrected chi connectivity index (χ1v) is 11.4. The molecule has 32 heavy (non-hydrogen) atoms. The van der Waals surface area contributed by atoms with Crippen molar-refractivity contribution >= 4 is 33.6 Å². The standard InChI is InChI=1S/C25H24N6S/c1-30(2)10-11-31-16-20(15-28-31)18-3-4-22-23(6-9-27-25(22)13-18)29-21-5-8-26-24(14-21)19-7-12-32-17-19/h3-9,12-17H,10-11H2,1-2H3,(H,26,27,29). The van der Waals surface area contributed by atoms with Crippen LogP contribution in [0.3, 0.4) is 0 Å². The molecule has 5 rings (SSSR count). The second-order valence-electron chi connectivity index (χ2n) is 7.95. The van der Waals surface area contributed by atoms with E-state index in [0.717, 1.165) is 57.8 Å². The quantitative estimate of drug-likeness (QED) is 0.361. The molecule has 0 aliphatic heterocycles. The molecule has 0 aliphatic rings. The molecule has 4 aromatic heterocycles. The second kappa shape index (κ2) is 8.90. The van der Waals surface area contributed by atoms with Crippen molar-refractivity contribution in [2.75, 3.05) is 26.0 Å². The third-order valence-electron chi connectivity index (χ3n) is 5.34. The number of anilines is 2. The largest absolute Gasteiger partial charge is 0.355 e. The molecule has 5 aromatic rings. The van der Waals surface area contributed by atoms with Gasteiger partial charge in [0.25, 0.3) is 0 Å². The number of nitrogens with zero attached hydrogens (tertiary/aromatic N) is 5. The average molecular weight is 441 g/mol. The van der Waals surface area contributed by atoms with E-state index in [1.165, 1.54) is 0 Å². The first-order valence-electron chi connectivity index (χ1n) is 10.5. The highest BCUT2D eigenvalue weighted by atomic mass is 32.1. The molecule has 0 radical (unpaired) electrons. The van der Waals surface area contributed by atoms with Crippen molar-refractivity contribution < 1.29 is 0 Å². The summed E-state index contributed by atoms with van der Waals surface area (Å²) in [6.07, 6.45) is 7.69. The fourth-order valence-electron chi connectivity index (χ4n) is 3.61. The van der Waals surface area contributed by atoms with Gasteiger partial charge in [-0.05, 0) is 55.4 Å². The van der Waals surface area contributed by atoms with E-state index < -0.39 is 0 Å². The van der Waals surface area contributed by atoms with E-state index in [4.69, 9.17) is 0 Å². The predicted molar refractivity (Wildman–Crippen MR) is 132 cm³/mol. The minimum atomic E-state index is 0.867. The van der Waals surface area contributed by atoms with Crippen LogP contribution in [0.15, 0.2) is 78.0 Å². The van der Waals surface area contributed by atoms with E-state index in [-0.39, 0.29) is 0 Å². The van der Waals surface area contributed by atoms with Crippen molar-refractivity contribution in [1.82, 2.24) is 24.6 Å². The molecule has 4 heterocycles. The van der Waals surface area contributed by atoms with Gasteiger partial charge in [-0.25, -0.2) is 0 Å². The molecule has 0 spiro atoms. The molecule has 0 fully saturated rings. The van der Waals surface area contributed by atoms with Crippen molar-refractivity contribution in [1.29, 1.82) is 0 Å². The lowest BCUT2D eigenvalue weighted by Crippen LogP contribution is -2.18. The number of rotatable bonds is 7. The molecule has 0 bridgehead atoms. The summed E-state index contributed by atoms with van der Waals surface area (Å²) in [5.74, 6) is 0. The summed E-state index contributed by atoms with van der Waals surface area (Å²) in [4.78, 5) is 11.3. The highest BCUT2D eigenvalue weighted by Crippen LogP contribution is 2.30. The van der Waals surface area contributed by atoms with Gasteiger partial charge < -0.3 is 10.2 Å². The number of aromatic nitrogens is 4. The summed E-state index contributed by atoms with van der Waals surface area (Å²) >= 11 is 1.67. The summed E-state index contributed by atoms with van der Waals surface area (Å²) in [5, 5.41) is 13.3. The van der Waals surface area contributed by atoms with Gasteiger partial charge in [-0.15, -0.1) is 0 Å². The van der Waals surface area contributed by atoms with Crippen molar-refractivity contribution in [2.45, 2.75) is 6.54 Å². The highest BCUT2D eigenvalue weighted by molar-refractivity contribution is 7.08. The normalized spacial score (nSPS) is 11.3. The van der Waals surface area contributed by atoms with Gasteiger partial charge in [-0.3, -0.25) is 14.6 Å². The highest BCUT2D eigenvalue weighted by Gasteiger charge is 2.08. The third kappa shape index (κ3) is 4.39. The van der Waals surface area contributed by atoms with Crippen LogP contribution in [-0.4, -0.2) is 45.3 Å². The zero-order valence-corrected chi connectivity index (χ0v) is 18.9. The predicted octanol–water partition coefficient (Wildman–Crippen LogP) is 5.53. The van der Waals surface area contributed by atoms with Gasteiger partial charge in [0.1, 0.15) is 0 Å². The maximum absolute atomic E-state index is 4.61. The molecule has 0 aliphatic carbocycles. The van der Waals surface area contributed by atoms with Crippen LogP contribution in [0.2, 0.25) is 0 Å². The van der Waals surface area contributed by atoms with Crippen LogP contribution in [0.5, 0.6) is 0 Å². The fourth-order valence-corrected chi connectivity index (χ4v) is 4.26. The van der Waals surface area contributed by atoms with Crippen molar-refractivity contribution in [2.24, 2.45) is 0 Å². The minimum Gasteiger partial charge on any atom is -0.355 e. The Bertz CT molecular complexity index is 1340. The summed E-state index contributed by atoms with van der Waals surface area (Å²) in [6, 6.07) is 14.5. The Balaban J connectivity index is 1.41. The second-order valence-corrected chi connectivity index (χ2v) is 8.73. The van der Waals surface area contributed by atoms with Gasteiger partial charge in [0.15, 0.2) is 0 Å². The van der Waals surface area contributed by atoms with Crippen molar-refractivity contribution in [3.63, 3.8) is 0 Å². The zero-order valence-electron chi connectivity index (χ0n) is 18.1. The van der Waals surface area contributed by atoms with Crippen LogP contribution in [0.25, 0.3) is 33.3 Å². The van der Waals surface area contributed by atoms with Gasteiger partial charge in [-0.1, -0.05) is 12.1 Å². The van der Waals surface area contributed by atoms with E-state index in [0.29, 0.717) is 0 Å². The lowest BCUT2D eigenvalue weighted by Gasteiger charge is -2.11.